The van der Waals surface area contributed by atoms with Crippen molar-refractivity contribution in [2.24, 2.45) is 0 Å². The van der Waals surface area contributed by atoms with Gasteiger partial charge in [0.1, 0.15) is 0 Å². The minimum absolute atomic E-state index is 0.442. The van der Waals surface area contributed by atoms with E-state index >= 15 is 0 Å². The summed E-state index contributed by atoms with van der Waals surface area (Å²) in [6.45, 7) is 8.00. The van der Waals surface area contributed by atoms with Crippen LogP contribution in [-0.4, -0.2) is 24.8 Å². The zero-order valence-electron chi connectivity index (χ0n) is 10.7. The first-order valence-corrected chi connectivity index (χ1v) is 5.32. The maximum atomic E-state index is 10.2. The first kappa shape index (κ1) is 20.0. The Kier molecular flexibility index (Phi) is 23.9. The molecule has 0 aliphatic heterocycles. The van der Waals surface area contributed by atoms with E-state index in [4.69, 9.17) is 5.11 Å². The van der Waals surface area contributed by atoms with Gasteiger partial charge in [0.2, 0.25) is 0 Å². The Morgan fingerprint density at radius 3 is 1.25 bits per heavy atom. The van der Waals surface area contributed by atoms with Gasteiger partial charge < -0.3 is 5.11 Å². The molecule has 1 aromatic carbocycles. The van der Waals surface area contributed by atoms with Crippen LogP contribution in [0.1, 0.15) is 48.4 Å². The average Bonchev–Trinajstić information content (AvgIpc) is 2.45. The van der Waals surface area contributed by atoms with Crippen molar-refractivity contribution in [2.45, 2.75) is 27.7 Å². The predicted octanol–water partition coefficient (Wildman–Crippen LogP) is 2.97. The van der Waals surface area contributed by atoms with Crippen LogP contribution >= 0.6 is 0 Å². The Balaban J connectivity index is -0.000000245. The smallest absolute Gasteiger partial charge is 0.150 e. The molecule has 0 radical (unpaired) electrons. The zero-order valence-corrected chi connectivity index (χ0v) is 10.7. The molecule has 3 nitrogen and oxygen atoms in total. The Morgan fingerprint density at radius 2 is 1.06 bits per heavy atom. The standard InChI is InChI=1S/C8H6O2.2C2H6.CH4O/c9-5-7-3-1-2-4-8(7)6-10;3*1-2/h1-6H;2*1-2H3;2H,1H3. The summed E-state index contributed by atoms with van der Waals surface area (Å²) in [4.78, 5) is 20.5. The van der Waals surface area contributed by atoms with Gasteiger partial charge in [-0.2, -0.15) is 0 Å². The third-order valence-electron chi connectivity index (χ3n) is 1.25. The van der Waals surface area contributed by atoms with Crippen molar-refractivity contribution in [2.75, 3.05) is 7.11 Å². The number of aliphatic hydroxyl groups excluding tert-OH is 1. The molecule has 0 saturated carbocycles. The average molecular weight is 226 g/mol. The molecule has 1 aromatic rings. The van der Waals surface area contributed by atoms with Gasteiger partial charge in [-0.15, -0.1) is 0 Å². The molecule has 0 saturated heterocycles. The van der Waals surface area contributed by atoms with Crippen LogP contribution in [0.2, 0.25) is 0 Å². The van der Waals surface area contributed by atoms with Gasteiger partial charge in [-0.3, -0.25) is 9.59 Å². The highest BCUT2D eigenvalue weighted by Crippen LogP contribution is 2.01. The fourth-order valence-electron chi connectivity index (χ4n) is 0.726. The minimum Gasteiger partial charge on any atom is -0.400 e. The predicted molar refractivity (Wildman–Crippen MR) is 68.1 cm³/mol. The number of carbonyl (C=O) groups is 2. The molecule has 0 aromatic heterocycles. The first-order chi connectivity index (χ1) is 7.88. The number of aldehydes is 2. The SMILES string of the molecule is CC.CC.CO.O=Cc1ccccc1C=O. The highest BCUT2D eigenvalue weighted by molar-refractivity contribution is 5.89. The number of carbonyl (C=O) groups excluding carboxylic acids is 2. The molecule has 92 valence electrons. The Morgan fingerprint density at radius 1 is 0.812 bits per heavy atom. The van der Waals surface area contributed by atoms with Crippen LogP contribution in [0, 0.1) is 0 Å². The Bertz CT molecular complexity index is 230. The lowest BCUT2D eigenvalue weighted by molar-refractivity contribution is 0.109. The van der Waals surface area contributed by atoms with E-state index in [2.05, 4.69) is 0 Å². The summed E-state index contributed by atoms with van der Waals surface area (Å²) in [6, 6.07) is 6.65. The Hall–Kier alpha value is -1.48. The van der Waals surface area contributed by atoms with Crippen LogP contribution in [0.4, 0.5) is 0 Å². The molecule has 0 unspecified atom stereocenters. The number of hydrogen-bond donors (Lipinski definition) is 1. The fourth-order valence-corrected chi connectivity index (χ4v) is 0.726. The van der Waals surface area contributed by atoms with E-state index < -0.39 is 0 Å². The minimum atomic E-state index is 0.442. The normalized spacial score (nSPS) is 6.62. The van der Waals surface area contributed by atoms with Gasteiger partial charge in [-0.05, 0) is 0 Å². The van der Waals surface area contributed by atoms with E-state index in [-0.39, 0.29) is 0 Å². The van der Waals surface area contributed by atoms with E-state index in [1.54, 1.807) is 24.3 Å². The third kappa shape index (κ3) is 9.09. The summed E-state index contributed by atoms with van der Waals surface area (Å²) in [5.74, 6) is 0. The van der Waals surface area contributed by atoms with Crippen molar-refractivity contribution >= 4 is 12.6 Å². The number of benzene rings is 1. The van der Waals surface area contributed by atoms with Gasteiger partial charge in [0, 0.05) is 18.2 Å². The summed E-state index contributed by atoms with van der Waals surface area (Å²) in [5.41, 5.74) is 0.884. The van der Waals surface area contributed by atoms with E-state index in [1.165, 1.54) is 0 Å². The van der Waals surface area contributed by atoms with Crippen molar-refractivity contribution in [1.82, 2.24) is 0 Å². The molecular formula is C13H22O3. The molecule has 0 amide bonds. The van der Waals surface area contributed by atoms with Gasteiger partial charge in [0.25, 0.3) is 0 Å². The second-order valence-corrected chi connectivity index (χ2v) is 1.86. The number of rotatable bonds is 2. The van der Waals surface area contributed by atoms with Gasteiger partial charge in [0.05, 0.1) is 0 Å². The van der Waals surface area contributed by atoms with E-state index in [0.717, 1.165) is 7.11 Å². The second-order valence-electron chi connectivity index (χ2n) is 1.86. The third-order valence-corrected chi connectivity index (χ3v) is 1.25. The molecule has 16 heavy (non-hydrogen) atoms. The summed E-state index contributed by atoms with van der Waals surface area (Å²) >= 11 is 0. The zero-order chi connectivity index (χ0) is 13.4. The van der Waals surface area contributed by atoms with Crippen molar-refractivity contribution in [3.8, 4) is 0 Å². The van der Waals surface area contributed by atoms with Crippen molar-refractivity contribution in [1.29, 1.82) is 0 Å². The molecule has 0 fully saturated rings. The van der Waals surface area contributed by atoms with Gasteiger partial charge in [0.15, 0.2) is 12.6 Å². The monoisotopic (exact) mass is 226 g/mol. The van der Waals surface area contributed by atoms with Crippen LogP contribution in [0.15, 0.2) is 24.3 Å². The topological polar surface area (TPSA) is 54.4 Å². The van der Waals surface area contributed by atoms with Crippen LogP contribution < -0.4 is 0 Å². The highest BCUT2D eigenvalue weighted by atomic mass is 16.2. The molecule has 0 aliphatic carbocycles. The maximum Gasteiger partial charge on any atom is 0.150 e. The molecule has 1 N–H and O–H groups in total. The lowest BCUT2D eigenvalue weighted by Gasteiger charge is -1.91. The molecule has 0 spiro atoms. The molecule has 3 heteroatoms. The lowest BCUT2D eigenvalue weighted by Crippen LogP contribution is -1.87. The largest absolute Gasteiger partial charge is 0.400 e. The summed E-state index contributed by atoms with van der Waals surface area (Å²) in [7, 11) is 1.00. The first-order valence-electron chi connectivity index (χ1n) is 5.32. The van der Waals surface area contributed by atoms with Crippen LogP contribution in [0.25, 0.3) is 0 Å². The van der Waals surface area contributed by atoms with Crippen LogP contribution in [0.5, 0.6) is 0 Å². The molecule has 1 rings (SSSR count). The van der Waals surface area contributed by atoms with E-state index in [9.17, 15) is 9.59 Å². The van der Waals surface area contributed by atoms with Crippen LogP contribution in [-0.2, 0) is 0 Å². The van der Waals surface area contributed by atoms with Crippen molar-refractivity contribution in [3.63, 3.8) is 0 Å². The molecule has 0 aliphatic rings. The molecule has 0 atom stereocenters. The van der Waals surface area contributed by atoms with Crippen molar-refractivity contribution in [3.05, 3.63) is 35.4 Å². The number of aliphatic hydroxyl groups is 1. The lowest BCUT2D eigenvalue weighted by atomic mass is 10.1. The van der Waals surface area contributed by atoms with Gasteiger partial charge >= 0.3 is 0 Å². The molecular weight excluding hydrogens is 204 g/mol. The fraction of sp³-hybridized carbons (Fsp3) is 0.385. The second kappa shape index (κ2) is 19.1. The van der Waals surface area contributed by atoms with Gasteiger partial charge in [-0.25, -0.2) is 0 Å². The van der Waals surface area contributed by atoms with E-state index in [0.29, 0.717) is 23.7 Å². The Labute approximate surface area is 98.1 Å². The summed E-state index contributed by atoms with van der Waals surface area (Å²) < 4.78 is 0. The van der Waals surface area contributed by atoms with Gasteiger partial charge in [-0.1, -0.05) is 52.0 Å². The quantitative estimate of drug-likeness (QED) is 0.789. The van der Waals surface area contributed by atoms with E-state index in [1.807, 2.05) is 27.7 Å². The summed E-state index contributed by atoms with van der Waals surface area (Å²) in [6.07, 6.45) is 1.34. The molecule has 0 bridgehead atoms. The summed E-state index contributed by atoms with van der Waals surface area (Å²) in [5, 5.41) is 7.00. The van der Waals surface area contributed by atoms with Crippen LogP contribution in [0.3, 0.4) is 0 Å². The number of hydrogen-bond acceptors (Lipinski definition) is 3. The molecule has 0 heterocycles. The highest BCUT2D eigenvalue weighted by Gasteiger charge is 1.95. The van der Waals surface area contributed by atoms with Crippen molar-refractivity contribution < 1.29 is 14.7 Å². The maximum absolute atomic E-state index is 10.2.